The summed E-state index contributed by atoms with van der Waals surface area (Å²) in [5, 5.41) is 7.12. The number of carbonyl (C=O) groups is 3. The number of imidazole rings is 1. The van der Waals surface area contributed by atoms with Gasteiger partial charge in [-0.15, -0.1) is 0 Å². The minimum Gasteiger partial charge on any atom is -0.475 e. The molecule has 3 aromatic rings. The largest absolute Gasteiger partial charge is 0.490 e. The third-order valence-electron chi connectivity index (χ3n) is 8.14. The molecule has 1 aromatic carbocycles. The fourth-order valence-electron chi connectivity index (χ4n) is 5.86. The summed E-state index contributed by atoms with van der Waals surface area (Å²) in [4.78, 5) is 59.0. The summed E-state index contributed by atoms with van der Waals surface area (Å²) in [5.41, 5.74) is 2.45. The highest BCUT2D eigenvalue weighted by Gasteiger charge is 2.38. The fraction of sp³-hybridized carbons (Fsp3) is 0.500. The second-order valence-electron chi connectivity index (χ2n) is 10.9. The molecule has 44 heavy (non-hydrogen) atoms. The smallest absolute Gasteiger partial charge is 0.475 e. The number of nitrogens with zero attached hydrogens (tertiary/aromatic N) is 4. The van der Waals surface area contributed by atoms with Gasteiger partial charge in [0.25, 0.3) is 0 Å². The molecule has 14 heteroatoms. The van der Waals surface area contributed by atoms with Crippen LogP contribution in [-0.2, 0) is 19.1 Å². The van der Waals surface area contributed by atoms with Crippen LogP contribution in [-0.4, -0.2) is 93.3 Å². The molecule has 0 radical (unpaired) electrons. The Bertz CT molecular complexity index is 1480. The number of aromatic nitrogens is 3. The maximum Gasteiger partial charge on any atom is 0.490 e. The number of H-pyrrole nitrogens is 1. The Kier molecular flexibility index (Phi) is 10.8. The highest BCUT2D eigenvalue weighted by molar-refractivity contribution is 5.86. The molecule has 2 amide bonds. The van der Waals surface area contributed by atoms with Crippen molar-refractivity contribution in [2.45, 2.75) is 50.2 Å². The Hall–Kier alpha value is -4.20. The van der Waals surface area contributed by atoms with Gasteiger partial charge in [0.05, 0.1) is 12.1 Å². The van der Waals surface area contributed by atoms with Crippen molar-refractivity contribution < 1.29 is 37.4 Å². The van der Waals surface area contributed by atoms with Gasteiger partial charge in [-0.2, -0.15) is 13.2 Å². The number of methoxy groups -OCH3 is 1. The number of carboxylic acid groups (broad SMARTS) is 1. The molecule has 2 aliphatic rings. The molecule has 11 nitrogen and oxygen atoms in total. The molecule has 2 fully saturated rings. The van der Waals surface area contributed by atoms with Gasteiger partial charge in [0.1, 0.15) is 0 Å². The number of fused-ring (bicyclic) bond motifs is 1. The number of nitrogens with one attached hydrogen (secondary N) is 1. The number of halogens is 3. The summed E-state index contributed by atoms with van der Waals surface area (Å²) < 4.78 is 38.8. The van der Waals surface area contributed by atoms with Crippen LogP contribution in [0.15, 0.2) is 53.5 Å². The molecule has 4 heterocycles. The number of hydrogen-bond donors (Lipinski definition) is 2. The number of benzene rings is 1. The highest BCUT2D eigenvalue weighted by Crippen LogP contribution is 2.32. The first-order valence-electron chi connectivity index (χ1n) is 14.4. The van der Waals surface area contributed by atoms with Gasteiger partial charge in [0, 0.05) is 63.8 Å². The fourth-order valence-corrected chi connectivity index (χ4v) is 5.86. The van der Waals surface area contributed by atoms with E-state index < -0.39 is 12.1 Å². The Morgan fingerprint density at radius 2 is 1.73 bits per heavy atom. The number of carboxylic acids is 1. The maximum absolute atomic E-state index is 13.5. The Labute approximate surface area is 251 Å². The minimum absolute atomic E-state index is 0.0187. The zero-order valence-corrected chi connectivity index (χ0v) is 24.3. The number of rotatable bonds is 7. The molecule has 0 unspecified atom stereocenters. The molecule has 0 bridgehead atoms. The van der Waals surface area contributed by atoms with Gasteiger partial charge in [-0.05, 0) is 43.4 Å². The molecule has 2 atom stereocenters. The van der Waals surface area contributed by atoms with Crippen LogP contribution >= 0.6 is 0 Å². The van der Waals surface area contributed by atoms with Gasteiger partial charge in [-0.3, -0.25) is 19.1 Å². The normalized spacial score (nSPS) is 19.8. The van der Waals surface area contributed by atoms with Gasteiger partial charge in [-0.1, -0.05) is 30.3 Å². The summed E-state index contributed by atoms with van der Waals surface area (Å²) in [6.45, 7) is 2.80. The van der Waals surface area contributed by atoms with Crippen LogP contribution < -0.4 is 5.69 Å². The molecule has 238 valence electrons. The van der Waals surface area contributed by atoms with E-state index in [-0.39, 0.29) is 41.8 Å². The third-order valence-corrected chi connectivity index (χ3v) is 8.14. The van der Waals surface area contributed by atoms with Crippen LogP contribution in [0.25, 0.3) is 11.2 Å². The van der Waals surface area contributed by atoms with E-state index in [2.05, 4.69) is 22.1 Å². The maximum atomic E-state index is 13.5. The lowest BCUT2D eigenvalue weighted by molar-refractivity contribution is -0.192. The van der Waals surface area contributed by atoms with Gasteiger partial charge in [0.15, 0.2) is 5.65 Å². The monoisotopic (exact) mass is 619 g/mol. The van der Waals surface area contributed by atoms with Crippen molar-refractivity contribution in [1.29, 1.82) is 0 Å². The molecule has 2 aromatic heterocycles. The second-order valence-corrected chi connectivity index (χ2v) is 10.9. The van der Waals surface area contributed by atoms with Crippen molar-refractivity contribution in [3.05, 3.63) is 64.7 Å². The minimum atomic E-state index is -5.08. The first-order chi connectivity index (χ1) is 21.0. The number of carbonyl (C=O) groups excluding carboxylic acids is 2. The average molecular weight is 620 g/mol. The lowest BCUT2D eigenvalue weighted by Gasteiger charge is -2.33. The molecule has 0 saturated carbocycles. The molecule has 2 aliphatic heterocycles. The van der Waals surface area contributed by atoms with E-state index in [1.165, 1.54) is 5.56 Å². The first-order valence-corrected chi connectivity index (χ1v) is 14.4. The number of pyridine rings is 1. The van der Waals surface area contributed by atoms with E-state index in [0.717, 1.165) is 11.9 Å². The van der Waals surface area contributed by atoms with E-state index in [1.807, 2.05) is 40.1 Å². The van der Waals surface area contributed by atoms with Crippen molar-refractivity contribution in [2.75, 3.05) is 39.9 Å². The van der Waals surface area contributed by atoms with E-state index in [1.54, 1.807) is 17.9 Å². The second kappa shape index (κ2) is 14.5. The van der Waals surface area contributed by atoms with Crippen LogP contribution in [0.2, 0.25) is 0 Å². The highest BCUT2D eigenvalue weighted by atomic mass is 19.4. The van der Waals surface area contributed by atoms with E-state index in [0.29, 0.717) is 57.7 Å². The molecule has 0 aliphatic carbocycles. The van der Waals surface area contributed by atoms with Crippen molar-refractivity contribution in [3.63, 3.8) is 0 Å². The van der Waals surface area contributed by atoms with Gasteiger partial charge >= 0.3 is 17.8 Å². The quantitative estimate of drug-likeness (QED) is 0.413. The first kappa shape index (κ1) is 32.7. The van der Waals surface area contributed by atoms with Crippen molar-refractivity contribution in [3.8, 4) is 0 Å². The van der Waals surface area contributed by atoms with Gasteiger partial charge < -0.3 is 19.6 Å². The Balaban J connectivity index is 0.000000566. The summed E-state index contributed by atoms with van der Waals surface area (Å²) in [7, 11) is 1.64. The van der Waals surface area contributed by atoms with E-state index in [4.69, 9.17) is 14.6 Å². The molecule has 0 spiro atoms. The third kappa shape index (κ3) is 8.04. The standard InChI is InChI=1S/C28H35N5O4.C2HF3O2/c1-37-17-16-32-19-22(20-6-3-2-4-7-20)10-9-21(27(32)35)18-25(34)31-14-11-23(12-15-31)33-24-8-5-13-29-26(24)30-28(33)36;3-2(4,5)1(6)7/h2-8,13,21-23H,9-12,14-19H2,1H3,(H,29,30,36);(H,6,7)/t21-,22+;/m1./s1. The number of ether oxygens (including phenoxy) is 1. The van der Waals surface area contributed by atoms with Crippen LogP contribution in [0.1, 0.15) is 49.6 Å². The number of likely N-dealkylation sites (tertiary alicyclic amines) is 2. The number of aliphatic carboxylic acids is 1. The van der Waals surface area contributed by atoms with Crippen molar-refractivity contribution in [1.82, 2.24) is 24.3 Å². The van der Waals surface area contributed by atoms with Crippen molar-refractivity contribution in [2.24, 2.45) is 5.92 Å². The van der Waals surface area contributed by atoms with Crippen molar-refractivity contribution >= 4 is 28.9 Å². The van der Waals surface area contributed by atoms with E-state index in [9.17, 15) is 27.6 Å². The van der Waals surface area contributed by atoms with Crippen LogP contribution in [0.5, 0.6) is 0 Å². The van der Waals surface area contributed by atoms with E-state index >= 15 is 0 Å². The summed E-state index contributed by atoms with van der Waals surface area (Å²) in [5.74, 6) is -2.75. The molecular weight excluding hydrogens is 583 g/mol. The zero-order valence-electron chi connectivity index (χ0n) is 24.3. The number of aromatic amines is 1. The number of hydrogen-bond acceptors (Lipinski definition) is 6. The summed E-state index contributed by atoms with van der Waals surface area (Å²) in [6.07, 6.45) is -0.231. The number of piperidine rings is 1. The predicted molar refractivity (Wildman–Crippen MR) is 154 cm³/mol. The number of amides is 2. The Morgan fingerprint density at radius 1 is 1.05 bits per heavy atom. The van der Waals surface area contributed by atoms with Gasteiger partial charge in [-0.25, -0.2) is 14.6 Å². The van der Waals surface area contributed by atoms with Crippen LogP contribution in [0.3, 0.4) is 0 Å². The summed E-state index contributed by atoms with van der Waals surface area (Å²) >= 11 is 0. The van der Waals surface area contributed by atoms with Crippen LogP contribution in [0.4, 0.5) is 13.2 Å². The Morgan fingerprint density at radius 3 is 2.36 bits per heavy atom. The average Bonchev–Trinajstić information content (AvgIpc) is 3.27. The topological polar surface area (TPSA) is 138 Å². The molecule has 5 rings (SSSR count). The SMILES string of the molecule is COCCN1C[C@@H](c2ccccc2)CC[C@H](CC(=O)N2CCC(n3c(=O)[nH]c4ncccc43)CC2)C1=O.O=C(O)C(F)(F)F. The molecular formula is C30H36F3N5O6. The predicted octanol–water partition coefficient (Wildman–Crippen LogP) is 3.58. The summed E-state index contributed by atoms with van der Waals surface area (Å²) in [6, 6.07) is 14.1. The molecule has 2 saturated heterocycles. The lowest BCUT2D eigenvalue weighted by atomic mass is 9.90. The zero-order chi connectivity index (χ0) is 31.9. The number of alkyl halides is 3. The van der Waals surface area contributed by atoms with Crippen LogP contribution in [0, 0.1) is 5.92 Å². The van der Waals surface area contributed by atoms with Gasteiger partial charge in [0.2, 0.25) is 11.8 Å². The molecule has 2 N–H and O–H groups in total. The lowest BCUT2D eigenvalue weighted by Crippen LogP contribution is -2.43.